The van der Waals surface area contributed by atoms with E-state index in [1.54, 1.807) is 13.1 Å². The fraction of sp³-hybridized carbons (Fsp3) is 0.364. The van der Waals surface area contributed by atoms with E-state index in [0.29, 0.717) is 5.75 Å². The van der Waals surface area contributed by atoms with Crippen LogP contribution < -0.4 is 10.1 Å². The van der Waals surface area contributed by atoms with E-state index in [2.05, 4.69) is 5.32 Å². The molecule has 0 saturated carbocycles. The first-order chi connectivity index (χ1) is 6.69. The number of amides is 1. The first-order valence-corrected chi connectivity index (χ1v) is 4.67. The highest BCUT2D eigenvalue weighted by Gasteiger charge is 2.07. The molecule has 14 heavy (non-hydrogen) atoms. The molecule has 1 rings (SSSR count). The topological polar surface area (TPSA) is 38.3 Å². The van der Waals surface area contributed by atoms with Crippen molar-refractivity contribution < 1.29 is 9.53 Å². The third-order valence-electron chi connectivity index (χ3n) is 2.13. The van der Waals surface area contributed by atoms with Crippen molar-refractivity contribution in [3.8, 4) is 5.75 Å². The zero-order valence-electron chi connectivity index (χ0n) is 8.76. The lowest BCUT2D eigenvalue weighted by Crippen LogP contribution is -2.22. The van der Waals surface area contributed by atoms with Gasteiger partial charge in [-0.3, -0.25) is 0 Å². The summed E-state index contributed by atoms with van der Waals surface area (Å²) in [6.07, 6.45) is 0.434. The van der Waals surface area contributed by atoms with Gasteiger partial charge < -0.3 is 10.1 Å². The molecule has 0 aliphatic rings. The zero-order valence-corrected chi connectivity index (χ0v) is 8.76. The van der Waals surface area contributed by atoms with Gasteiger partial charge in [-0.15, -0.1) is 0 Å². The normalized spacial score (nSPS) is 9.64. The summed E-state index contributed by atoms with van der Waals surface area (Å²) in [5, 5.41) is 2.42. The van der Waals surface area contributed by atoms with Crippen LogP contribution in [0.25, 0.3) is 0 Å². The monoisotopic (exact) mass is 193 g/mol. The van der Waals surface area contributed by atoms with E-state index in [1.807, 2.05) is 26.0 Å². The quantitative estimate of drug-likeness (QED) is 0.782. The van der Waals surface area contributed by atoms with Crippen molar-refractivity contribution in [2.75, 3.05) is 7.05 Å². The SMILES string of the molecule is CCc1c(C)cccc1OC(=O)NC. The molecule has 0 radical (unpaired) electrons. The van der Waals surface area contributed by atoms with Crippen molar-refractivity contribution in [1.29, 1.82) is 0 Å². The Labute approximate surface area is 84.1 Å². The van der Waals surface area contributed by atoms with Gasteiger partial charge in [-0.25, -0.2) is 4.79 Å². The van der Waals surface area contributed by atoms with E-state index in [0.717, 1.165) is 17.5 Å². The van der Waals surface area contributed by atoms with Gasteiger partial charge in [0.25, 0.3) is 0 Å². The third-order valence-corrected chi connectivity index (χ3v) is 2.13. The standard InChI is InChI=1S/C11H15NO2/c1-4-9-8(2)6-5-7-10(9)14-11(13)12-3/h5-7H,4H2,1-3H3,(H,12,13). The van der Waals surface area contributed by atoms with E-state index in [1.165, 1.54) is 0 Å². The Hall–Kier alpha value is -1.51. The number of nitrogens with one attached hydrogen (secondary N) is 1. The number of benzene rings is 1. The molecule has 0 aliphatic heterocycles. The van der Waals surface area contributed by atoms with Gasteiger partial charge >= 0.3 is 6.09 Å². The maximum Gasteiger partial charge on any atom is 0.412 e. The summed E-state index contributed by atoms with van der Waals surface area (Å²) in [7, 11) is 1.55. The number of hydrogen-bond acceptors (Lipinski definition) is 2. The second kappa shape index (κ2) is 4.65. The molecule has 1 aromatic rings. The third kappa shape index (κ3) is 2.25. The first-order valence-electron chi connectivity index (χ1n) is 4.67. The highest BCUT2D eigenvalue weighted by Crippen LogP contribution is 2.22. The molecular weight excluding hydrogens is 178 g/mol. The molecule has 3 heteroatoms. The molecule has 1 aromatic carbocycles. The molecule has 0 spiro atoms. The van der Waals surface area contributed by atoms with Crippen LogP contribution in [-0.4, -0.2) is 13.1 Å². The molecule has 0 aliphatic carbocycles. The smallest absolute Gasteiger partial charge is 0.410 e. The van der Waals surface area contributed by atoms with Gasteiger partial charge in [-0.05, 0) is 30.5 Å². The minimum Gasteiger partial charge on any atom is -0.410 e. The Balaban J connectivity index is 2.96. The fourth-order valence-electron chi connectivity index (χ4n) is 1.37. The lowest BCUT2D eigenvalue weighted by atomic mass is 10.1. The molecule has 0 fully saturated rings. The summed E-state index contributed by atoms with van der Waals surface area (Å²) in [4.78, 5) is 11.0. The predicted octanol–water partition coefficient (Wildman–Crippen LogP) is 2.28. The van der Waals surface area contributed by atoms with Gasteiger partial charge in [-0.1, -0.05) is 19.1 Å². The van der Waals surface area contributed by atoms with Crippen LogP contribution in [0.2, 0.25) is 0 Å². The summed E-state index contributed by atoms with van der Waals surface area (Å²) >= 11 is 0. The predicted molar refractivity (Wildman–Crippen MR) is 55.6 cm³/mol. The lowest BCUT2D eigenvalue weighted by molar-refractivity contribution is 0.202. The molecule has 0 atom stereocenters. The van der Waals surface area contributed by atoms with E-state index in [9.17, 15) is 4.79 Å². The molecule has 0 aromatic heterocycles. The van der Waals surface area contributed by atoms with E-state index >= 15 is 0 Å². The molecule has 1 amide bonds. The zero-order chi connectivity index (χ0) is 10.6. The molecule has 0 heterocycles. The summed E-state index contributed by atoms with van der Waals surface area (Å²) < 4.78 is 5.12. The number of hydrogen-bond donors (Lipinski definition) is 1. The van der Waals surface area contributed by atoms with Crippen LogP contribution in [0.15, 0.2) is 18.2 Å². The highest BCUT2D eigenvalue weighted by molar-refractivity contribution is 5.70. The first kappa shape index (κ1) is 10.6. The van der Waals surface area contributed by atoms with Crippen molar-refractivity contribution in [3.05, 3.63) is 29.3 Å². The molecular formula is C11H15NO2. The minimum atomic E-state index is -0.426. The fourth-order valence-corrected chi connectivity index (χ4v) is 1.37. The number of rotatable bonds is 2. The van der Waals surface area contributed by atoms with Gasteiger partial charge in [0.15, 0.2) is 0 Å². The average molecular weight is 193 g/mol. The molecule has 1 N–H and O–H groups in total. The number of aryl methyl sites for hydroxylation is 1. The average Bonchev–Trinajstić information content (AvgIpc) is 2.18. The largest absolute Gasteiger partial charge is 0.412 e. The van der Waals surface area contributed by atoms with Gasteiger partial charge in [0.1, 0.15) is 5.75 Å². The van der Waals surface area contributed by atoms with Gasteiger partial charge in [0, 0.05) is 7.05 Å². The maximum absolute atomic E-state index is 11.0. The Morgan fingerprint density at radius 2 is 2.21 bits per heavy atom. The second-order valence-electron chi connectivity index (χ2n) is 3.04. The van der Waals surface area contributed by atoms with Crippen LogP contribution in [0, 0.1) is 6.92 Å². The highest BCUT2D eigenvalue weighted by atomic mass is 16.6. The van der Waals surface area contributed by atoms with Crippen LogP contribution in [0.3, 0.4) is 0 Å². The van der Waals surface area contributed by atoms with Crippen LogP contribution in [0.1, 0.15) is 18.1 Å². The number of ether oxygens (including phenoxy) is 1. The summed E-state index contributed by atoms with van der Waals surface area (Å²) in [6.45, 7) is 4.05. The van der Waals surface area contributed by atoms with Gasteiger partial charge in [-0.2, -0.15) is 0 Å². The van der Waals surface area contributed by atoms with Gasteiger partial charge in [0.05, 0.1) is 0 Å². The number of carbonyl (C=O) groups is 1. The molecule has 0 unspecified atom stereocenters. The summed E-state index contributed by atoms with van der Waals surface area (Å²) in [5.41, 5.74) is 2.23. The van der Waals surface area contributed by atoms with Crippen molar-refractivity contribution in [3.63, 3.8) is 0 Å². The van der Waals surface area contributed by atoms with Crippen LogP contribution in [-0.2, 0) is 6.42 Å². The Morgan fingerprint density at radius 1 is 1.50 bits per heavy atom. The van der Waals surface area contributed by atoms with Crippen molar-refractivity contribution in [2.45, 2.75) is 20.3 Å². The van der Waals surface area contributed by atoms with Crippen LogP contribution in [0.5, 0.6) is 5.75 Å². The van der Waals surface area contributed by atoms with Crippen molar-refractivity contribution in [1.82, 2.24) is 5.32 Å². The van der Waals surface area contributed by atoms with Crippen molar-refractivity contribution in [2.24, 2.45) is 0 Å². The van der Waals surface area contributed by atoms with Gasteiger partial charge in [0.2, 0.25) is 0 Å². The van der Waals surface area contributed by atoms with E-state index in [-0.39, 0.29) is 0 Å². The molecule has 0 bridgehead atoms. The second-order valence-corrected chi connectivity index (χ2v) is 3.04. The summed E-state index contributed by atoms with van der Waals surface area (Å²) in [5.74, 6) is 0.645. The Kier molecular flexibility index (Phi) is 3.51. The Bertz CT molecular complexity index is 334. The molecule has 76 valence electrons. The van der Waals surface area contributed by atoms with Crippen LogP contribution in [0.4, 0.5) is 4.79 Å². The van der Waals surface area contributed by atoms with Crippen LogP contribution >= 0.6 is 0 Å². The summed E-state index contributed by atoms with van der Waals surface area (Å²) in [6, 6.07) is 5.70. The minimum absolute atomic E-state index is 0.426. The van der Waals surface area contributed by atoms with E-state index < -0.39 is 6.09 Å². The maximum atomic E-state index is 11.0. The van der Waals surface area contributed by atoms with E-state index in [4.69, 9.17) is 4.74 Å². The van der Waals surface area contributed by atoms with Crippen molar-refractivity contribution >= 4 is 6.09 Å². The molecule has 0 saturated heterocycles. The lowest BCUT2D eigenvalue weighted by Gasteiger charge is -2.10. The molecule has 3 nitrogen and oxygen atoms in total. The Morgan fingerprint density at radius 3 is 2.79 bits per heavy atom. The number of carbonyl (C=O) groups excluding carboxylic acids is 1.